The molecule has 1 atom stereocenters. The molecular formula is C14H16N4O4. The van der Waals surface area contributed by atoms with Gasteiger partial charge < -0.3 is 14.5 Å². The maximum Gasteiger partial charge on any atom is 0.416 e. The van der Waals surface area contributed by atoms with Crippen LogP contribution in [0.4, 0.5) is 10.6 Å². The molecule has 3 rings (SSSR count). The summed E-state index contributed by atoms with van der Waals surface area (Å²) in [4.78, 5) is 25.1. The third-order valence-corrected chi connectivity index (χ3v) is 3.39. The van der Waals surface area contributed by atoms with Gasteiger partial charge in [-0.15, -0.1) is 0 Å². The van der Waals surface area contributed by atoms with Crippen molar-refractivity contribution in [3.8, 4) is 0 Å². The van der Waals surface area contributed by atoms with Gasteiger partial charge in [-0.25, -0.2) is 4.79 Å². The van der Waals surface area contributed by atoms with E-state index in [0.29, 0.717) is 18.1 Å². The van der Waals surface area contributed by atoms with Gasteiger partial charge >= 0.3 is 6.09 Å². The lowest BCUT2D eigenvalue weighted by Gasteiger charge is -2.12. The average molecular weight is 304 g/mol. The number of hydrogen-bond donors (Lipinski definition) is 1. The fraction of sp³-hybridized carbons (Fsp3) is 0.357. The van der Waals surface area contributed by atoms with Crippen molar-refractivity contribution >= 4 is 17.8 Å². The maximum absolute atomic E-state index is 11.9. The summed E-state index contributed by atoms with van der Waals surface area (Å²) in [5.41, 5.74) is 0. The third kappa shape index (κ3) is 2.95. The van der Waals surface area contributed by atoms with Gasteiger partial charge in [0.15, 0.2) is 0 Å². The Balaban J connectivity index is 1.51. The second kappa shape index (κ2) is 5.92. The van der Waals surface area contributed by atoms with Crippen LogP contribution in [0.2, 0.25) is 0 Å². The van der Waals surface area contributed by atoms with Crippen molar-refractivity contribution in [3.63, 3.8) is 0 Å². The lowest BCUT2D eigenvalue weighted by Crippen LogP contribution is -2.35. The van der Waals surface area contributed by atoms with Gasteiger partial charge in [-0.1, -0.05) is 0 Å². The first-order valence-electron chi connectivity index (χ1n) is 6.88. The second-order valence-electron chi connectivity index (χ2n) is 4.99. The van der Waals surface area contributed by atoms with Crippen LogP contribution >= 0.6 is 0 Å². The van der Waals surface area contributed by atoms with E-state index >= 15 is 0 Å². The van der Waals surface area contributed by atoms with Crippen LogP contribution in [0.15, 0.2) is 35.1 Å². The fourth-order valence-electron chi connectivity index (χ4n) is 2.31. The van der Waals surface area contributed by atoms with Crippen LogP contribution in [0, 0.1) is 0 Å². The molecule has 0 bridgehead atoms. The van der Waals surface area contributed by atoms with Crippen LogP contribution in [0.5, 0.6) is 0 Å². The standard InChI is InChI=1S/C14H16N4O4/c1-17-13(4-5-16-17)18-9-11(22-14(18)20)8-15-12(19)7-10-3-2-6-21-10/h2-6,11H,7-9H2,1H3,(H,15,19). The lowest BCUT2D eigenvalue weighted by atomic mass is 10.3. The van der Waals surface area contributed by atoms with Crippen LogP contribution in [0.3, 0.4) is 0 Å². The number of hydrogen-bond acceptors (Lipinski definition) is 5. The Morgan fingerprint density at radius 3 is 3.05 bits per heavy atom. The number of rotatable bonds is 5. The van der Waals surface area contributed by atoms with Gasteiger partial charge in [0.1, 0.15) is 17.7 Å². The molecule has 0 saturated carbocycles. The molecule has 8 heteroatoms. The Morgan fingerprint density at radius 2 is 2.36 bits per heavy atom. The third-order valence-electron chi connectivity index (χ3n) is 3.39. The molecule has 0 aliphatic carbocycles. The molecule has 1 N–H and O–H groups in total. The van der Waals surface area contributed by atoms with E-state index in [-0.39, 0.29) is 25.0 Å². The number of furan rings is 1. The van der Waals surface area contributed by atoms with Gasteiger partial charge in [-0.05, 0) is 12.1 Å². The minimum atomic E-state index is -0.436. The molecule has 1 unspecified atom stereocenters. The number of carbonyl (C=O) groups is 2. The number of aromatic nitrogens is 2. The van der Waals surface area contributed by atoms with E-state index < -0.39 is 6.09 Å². The molecule has 0 spiro atoms. The predicted molar refractivity (Wildman–Crippen MR) is 76.2 cm³/mol. The molecule has 2 aromatic rings. The first-order chi connectivity index (χ1) is 10.6. The second-order valence-corrected chi connectivity index (χ2v) is 4.99. The smallest absolute Gasteiger partial charge is 0.416 e. The normalized spacial score (nSPS) is 17.6. The summed E-state index contributed by atoms with van der Waals surface area (Å²) in [5, 5.41) is 6.76. The highest BCUT2D eigenvalue weighted by Gasteiger charge is 2.33. The molecule has 8 nitrogen and oxygen atoms in total. The first-order valence-corrected chi connectivity index (χ1v) is 6.88. The zero-order valence-electron chi connectivity index (χ0n) is 12.1. The highest BCUT2D eigenvalue weighted by Crippen LogP contribution is 2.20. The van der Waals surface area contributed by atoms with Crippen molar-refractivity contribution in [2.75, 3.05) is 18.0 Å². The van der Waals surface area contributed by atoms with E-state index in [0.717, 1.165) is 0 Å². The van der Waals surface area contributed by atoms with E-state index in [2.05, 4.69) is 10.4 Å². The predicted octanol–water partition coefficient (Wildman–Crippen LogP) is 0.697. The first kappa shape index (κ1) is 14.2. The monoisotopic (exact) mass is 304 g/mol. The molecule has 1 fully saturated rings. The van der Waals surface area contributed by atoms with Crippen LogP contribution in [-0.2, 0) is 23.0 Å². The molecule has 116 valence electrons. The zero-order valence-corrected chi connectivity index (χ0v) is 12.1. The lowest BCUT2D eigenvalue weighted by molar-refractivity contribution is -0.121. The van der Waals surface area contributed by atoms with Gasteiger partial charge in [0.05, 0.1) is 32.0 Å². The Bertz CT molecular complexity index is 664. The Labute approximate surface area is 126 Å². The summed E-state index contributed by atoms with van der Waals surface area (Å²) in [7, 11) is 1.75. The van der Waals surface area contributed by atoms with Crippen molar-refractivity contribution in [1.82, 2.24) is 15.1 Å². The highest BCUT2D eigenvalue weighted by atomic mass is 16.6. The zero-order chi connectivity index (χ0) is 15.5. The van der Waals surface area contributed by atoms with Crippen molar-refractivity contribution < 1.29 is 18.7 Å². The summed E-state index contributed by atoms with van der Waals surface area (Å²) in [5.74, 6) is 1.08. The number of anilines is 1. The van der Waals surface area contributed by atoms with E-state index in [1.165, 1.54) is 11.2 Å². The van der Waals surface area contributed by atoms with E-state index in [1.54, 1.807) is 36.1 Å². The van der Waals surface area contributed by atoms with E-state index in [9.17, 15) is 9.59 Å². The molecule has 2 amide bonds. The molecule has 2 aromatic heterocycles. The SMILES string of the molecule is Cn1nccc1N1CC(CNC(=O)Cc2ccco2)OC1=O. The summed E-state index contributed by atoms with van der Waals surface area (Å²) in [6, 6.07) is 5.20. The number of carbonyl (C=O) groups excluding carboxylic acids is 2. The largest absolute Gasteiger partial charge is 0.469 e. The Hall–Kier alpha value is -2.77. The minimum absolute atomic E-state index is 0.166. The molecular weight excluding hydrogens is 288 g/mol. The molecule has 1 aliphatic heterocycles. The average Bonchev–Trinajstić information content (AvgIpc) is 3.19. The minimum Gasteiger partial charge on any atom is -0.469 e. The number of amides is 2. The topological polar surface area (TPSA) is 89.6 Å². The number of nitrogens with one attached hydrogen (secondary N) is 1. The Morgan fingerprint density at radius 1 is 1.50 bits per heavy atom. The molecule has 0 radical (unpaired) electrons. The van der Waals surface area contributed by atoms with Crippen molar-refractivity contribution in [2.24, 2.45) is 7.05 Å². The molecule has 1 saturated heterocycles. The summed E-state index contributed by atoms with van der Waals surface area (Å²) < 4.78 is 12.0. The number of aryl methyl sites for hydroxylation is 1. The van der Waals surface area contributed by atoms with Crippen LogP contribution in [-0.4, -0.2) is 41.0 Å². The number of nitrogens with zero attached hydrogens (tertiary/aromatic N) is 3. The quantitative estimate of drug-likeness (QED) is 0.878. The van der Waals surface area contributed by atoms with Crippen LogP contribution in [0.25, 0.3) is 0 Å². The van der Waals surface area contributed by atoms with Gasteiger partial charge in [-0.2, -0.15) is 5.10 Å². The molecule has 3 heterocycles. The molecule has 0 aromatic carbocycles. The Kier molecular flexibility index (Phi) is 3.82. The molecule has 22 heavy (non-hydrogen) atoms. The van der Waals surface area contributed by atoms with Crippen molar-refractivity contribution in [1.29, 1.82) is 0 Å². The van der Waals surface area contributed by atoms with Gasteiger partial charge in [-0.3, -0.25) is 14.4 Å². The molecule has 1 aliphatic rings. The maximum atomic E-state index is 11.9. The van der Waals surface area contributed by atoms with Crippen LogP contribution in [0.1, 0.15) is 5.76 Å². The van der Waals surface area contributed by atoms with Gasteiger partial charge in [0, 0.05) is 13.1 Å². The number of ether oxygens (including phenoxy) is 1. The van der Waals surface area contributed by atoms with E-state index in [1.807, 2.05) is 0 Å². The summed E-state index contributed by atoms with van der Waals surface area (Å²) >= 11 is 0. The summed E-state index contributed by atoms with van der Waals surface area (Å²) in [6.45, 7) is 0.638. The fourth-order valence-corrected chi connectivity index (χ4v) is 2.31. The highest BCUT2D eigenvalue weighted by molar-refractivity contribution is 5.88. The summed E-state index contributed by atoms with van der Waals surface area (Å²) in [6.07, 6.45) is 2.48. The van der Waals surface area contributed by atoms with E-state index in [4.69, 9.17) is 9.15 Å². The van der Waals surface area contributed by atoms with Crippen LogP contribution < -0.4 is 10.2 Å². The van der Waals surface area contributed by atoms with Crippen molar-refractivity contribution in [3.05, 3.63) is 36.4 Å². The van der Waals surface area contributed by atoms with Gasteiger partial charge in [0.2, 0.25) is 5.91 Å². The van der Waals surface area contributed by atoms with Crippen molar-refractivity contribution in [2.45, 2.75) is 12.5 Å². The van der Waals surface area contributed by atoms with Gasteiger partial charge in [0.25, 0.3) is 0 Å². The number of cyclic esters (lactones) is 1.